The summed E-state index contributed by atoms with van der Waals surface area (Å²) in [6, 6.07) is 10.5. The zero-order valence-electron chi connectivity index (χ0n) is 14.8. The summed E-state index contributed by atoms with van der Waals surface area (Å²) < 4.78 is 0. The molecule has 6 heteroatoms. The van der Waals surface area contributed by atoms with Crippen LogP contribution in [-0.4, -0.2) is 54.1 Å². The SMILES string of the molecule is CN1N=C(C(=O)NC[C@@H]2CCCN(Cc3ccccc3)C2)CCC1=O. The number of piperidine rings is 1. The van der Waals surface area contributed by atoms with E-state index in [1.807, 2.05) is 6.07 Å². The highest BCUT2D eigenvalue weighted by Gasteiger charge is 2.24. The van der Waals surface area contributed by atoms with Crippen LogP contribution in [0, 0.1) is 5.92 Å². The number of hydrazone groups is 1. The highest BCUT2D eigenvalue weighted by Crippen LogP contribution is 2.18. The number of carbonyl (C=O) groups excluding carboxylic acids is 2. The van der Waals surface area contributed by atoms with Gasteiger partial charge in [0.25, 0.3) is 5.91 Å². The smallest absolute Gasteiger partial charge is 0.267 e. The molecule has 2 aliphatic rings. The molecule has 2 heterocycles. The average Bonchev–Trinajstić information content (AvgIpc) is 2.63. The van der Waals surface area contributed by atoms with Gasteiger partial charge in [-0.15, -0.1) is 0 Å². The Bertz CT molecular complexity index is 644. The van der Waals surface area contributed by atoms with Crippen molar-refractivity contribution in [1.29, 1.82) is 0 Å². The van der Waals surface area contributed by atoms with E-state index in [0.717, 1.165) is 32.5 Å². The number of rotatable bonds is 5. The van der Waals surface area contributed by atoms with Gasteiger partial charge in [-0.1, -0.05) is 30.3 Å². The molecule has 2 aliphatic heterocycles. The standard InChI is InChI=1S/C19H26N4O2/c1-22-18(24)10-9-17(21-22)19(25)20-12-16-8-5-11-23(14-16)13-15-6-3-2-4-7-15/h2-4,6-7,16H,5,8-14H2,1H3,(H,20,25)/t16-/m0/s1. The van der Waals surface area contributed by atoms with Gasteiger partial charge in [0.2, 0.25) is 5.91 Å². The molecule has 25 heavy (non-hydrogen) atoms. The Morgan fingerprint density at radius 1 is 1.28 bits per heavy atom. The molecule has 1 saturated heterocycles. The molecule has 0 aliphatic carbocycles. The summed E-state index contributed by atoms with van der Waals surface area (Å²) in [5.74, 6) is 0.282. The minimum atomic E-state index is -0.139. The summed E-state index contributed by atoms with van der Waals surface area (Å²) in [6.45, 7) is 3.74. The summed E-state index contributed by atoms with van der Waals surface area (Å²) in [6.07, 6.45) is 3.08. The summed E-state index contributed by atoms with van der Waals surface area (Å²) in [5.41, 5.74) is 1.79. The van der Waals surface area contributed by atoms with Crippen LogP contribution in [0.5, 0.6) is 0 Å². The number of benzene rings is 1. The number of likely N-dealkylation sites (tertiary alicyclic amines) is 1. The lowest BCUT2D eigenvalue weighted by Crippen LogP contribution is -2.43. The topological polar surface area (TPSA) is 65.0 Å². The molecular formula is C19H26N4O2. The summed E-state index contributed by atoms with van der Waals surface area (Å²) in [7, 11) is 1.59. The molecule has 3 rings (SSSR count). The van der Waals surface area contributed by atoms with Crippen molar-refractivity contribution in [3.63, 3.8) is 0 Å². The van der Waals surface area contributed by atoms with Crippen molar-refractivity contribution in [2.45, 2.75) is 32.2 Å². The first-order chi connectivity index (χ1) is 12.1. The number of nitrogens with zero attached hydrogens (tertiary/aromatic N) is 3. The average molecular weight is 342 g/mol. The van der Waals surface area contributed by atoms with Crippen molar-refractivity contribution in [2.24, 2.45) is 11.0 Å². The minimum Gasteiger partial charge on any atom is -0.351 e. The molecule has 1 aromatic rings. The van der Waals surface area contributed by atoms with Gasteiger partial charge in [0.15, 0.2) is 0 Å². The molecule has 1 atom stereocenters. The van der Waals surface area contributed by atoms with E-state index in [1.54, 1.807) is 7.05 Å². The van der Waals surface area contributed by atoms with E-state index in [4.69, 9.17) is 0 Å². The number of amides is 2. The molecule has 2 amide bonds. The van der Waals surface area contributed by atoms with Gasteiger partial charge in [-0.2, -0.15) is 5.10 Å². The van der Waals surface area contributed by atoms with Crippen molar-refractivity contribution in [1.82, 2.24) is 15.2 Å². The van der Waals surface area contributed by atoms with Crippen LogP contribution in [0.3, 0.4) is 0 Å². The Balaban J connectivity index is 1.47. The van der Waals surface area contributed by atoms with Crippen LogP contribution in [0.25, 0.3) is 0 Å². The predicted octanol–water partition coefficient (Wildman–Crippen LogP) is 1.62. The Hall–Kier alpha value is -2.21. The maximum atomic E-state index is 12.3. The zero-order chi connectivity index (χ0) is 17.6. The molecule has 6 nitrogen and oxygen atoms in total. The largest absolute Gasteiger partial charge is 0.351 e. The fourth-order valence-electron chi connectivity index (χ4n) is 3.48. The molecule has 0 spiro atoms. The Kier molecular flexibility index (Phi) is 5.81. The van der Waals surface area contributed by atoms with Gasteiger partial charge < -0.3 is 5.32 Å². The first-order valence-electron chi connectivity index (χ1n) is 9.00. The van der Waals surface area contributed by atoms with E-state index < -0.39 is 0 Å². The quantitative estimate of drug-likeness (QED) is 0.884. The lowest BCUT2D eigenvalue weighted by atomic mass is 9.97. The van der Waals surface area contributed by atoms with Gasteiger partial charge in [-0.05, 0) is 30.9 Å². The summed E-state index contributed by atoms with van der Waals surface area (Å²) in [4.78, 5) is 26.2. The van der Waals surface area contributed by atoms with E-state index >= 15 is 0 Å². The molecule has 134 valence electrons. The van der Waals surface area contributed by atoms with Crippen LogP contribution in [-0.2, 0) is 16.1 Å². The number of hydrogen-bond donors (Lipinski definition) is 1. The van der Waals surface area contributed by atoms with E-state index in [2.05, 4.69) is 39.6 Å². The molecule has 0 aromatic heterocycles. The summed E-state index contributed by atoms with van der Waals surface area (Å²) >= 11 is 0. The van der Waals surface area contributed by atoms with E-state index in [-0.39, 0.29) is 11.8 Å². The van der Waals surface area contributed by atoms with Gasteiger partial charge in [0.05, 0.1) is 0 Å². The Morgan fingerprint density at radius 3 is 2.84 bits per heavy atom. The van der Waals surface area contributed by atoms with E-state index in [9.17, 15) is 9.59 Å². The van der Waals surface area contributed by atoms with Crippen molar-refractivity contribution in [2.75, 3.05) is 26.7 Å². The highest BCUT2D eigenvalue weighted by molar-refractivity contribution is 6.39. The molecule has 1 fully saturated rings. The van der Waals surface area contributed by atoms with Crippen LogP contribution in [0.2, 0.25) is 0 Å². The second-order valence-corrected chi connectivity index (χ2v) is 6.90. The zero-order valence-corrected chi connectivity index (χ0v) is 14.8. The van der Waals surface area contributed by atoms with Gasteiger partial charge >= 0.3 is 0 Å². The number of nitrogens with one attached hydrogen (secondary N) is 1. The fraction of sp³-hybridized carbons (Fsp3) is 0.526. The lowest BCUT2D eigenvalue weighted by molar-refractivity contribution is -0.130. The van der Waals surface area contributed by atoms with E-state index in [1.165, 1.54) is 10.6 Å². The van der Waals surface area contributed by atoms with Crippen molar-refractivity contribution < 1.29 is 9.59 Å². The fourth-order valence-corrected chi connectivity index (χ4v) is 3.48. The molecule has 0 bridgehead atoms. The maximum absolute atomic E-state index is 12.3. The normalized spacial score (nSPS) is 21.8. The van der Waals surface area contributed by atoms with Gasteiger partial charge in [-0.3, -0.25) is 14.5 Å². The van der Waals surface area contributed by atoms with Crippen LogP contribution >= 0.6 is 0 Å². The molecule has 1 aromatic carbocycles. The summed E-state index contributed by atoms with van der Waals surface area (Å²) in [5, 5.41) is 8.35. The number of carbonyl (C=O) groups is 2. The Labute approximate surface area is 148 Å². The second kappa shape index (κ2) is 8.25. The van der Waals surface area contributed by atoms with Gasteiger partial charge in [0.1, 0.15) is 5.71 Å². The molecule has 0 saturated carbocycles. The lowest BCUT2D eigenvalue weighted by Gasteiger charge is -2.33. The second-order valence-electron chi connectivity index (χ2n) is 6.90. The van der Waals surface area contributed by atoms with E-state index in [0.29, 0.717) is 31.0 Å². The molecular weight excluding hydrogens is 316 g/mol. The third kappa shape index (κ3) is 4.89. The first kappa shape index (κ1) is 17.6. The van der Waals surface area contributed by atoms with Crippen LogP contribution in [0.15, 0.2) is 35.4 Å². The molecule has 0 radical (unpaired) electrons. The molecule has 1 N–H and O–H groups in total. The minimum absolute atomic E-state index is 0.0413. The Morgan fingerprint density at radius 2 is 2.08 bits per heavy atom. The third-order valence-electron chi connectivity index (χ3n) is 4.87. The van der Waals surface area contributed by atoms with Crippen LogP contribution in [0.1, 0.15) is 31.2 Å². The van der Waals surface area contributed by atoms with Gasteiger partial charge in [-0.25, -0.2) is 5.01 Å². The number of hydrogen-bond acceptors (Lipinski definition) is 4. The monoisotopic (exact) mass is 342 g/mol. The highest BCUT2D eigenvalue weighted by atomic mass is 16.2. The maximum Gasteiger partial charge on any atom is 0.267 e. The van der Waals surface area contributed by atoms with Crippen molar-refractivity contribution >= 4 is 17.5 Å². The molecule has 0 unspecified atom stereocenters. The predicted molar refractivity (Wildman–Crippen MR) is 96.9 cm³/mol. The third-order valence-corrected chi connectivity index (χ3v) is 4.87. The van der Waals surface area contributed by atoms with Crippen LogP contribution in [0.4, 0.5) is 0 Å². The first-order valence-corrected chi connectivity index (χ1v) is 9.00. The van der Waals surface area contributed by atoms with Crippen molar-refractivity contribution in [3.8, 4) is 0 Å². The van der Waals surface area contributed by atoms with Crippen molar-refractivity contribution in [3.05, 3.63) is 35.9 Å². The van der Waals surface area contributed by atoms with Crippen LogP contribution < -0.4 is 5.32 Å². The van der Waals surface area contributed by atoms with Gasteiger partial charge in [0, 0.05) is 39.5 Å².